The molecule has 2 atom stereocenters. The molecule has 5 nitrogen and oxygen atoms in total. The van der Waals surface area contributed by atoms with Gasteiger partial charge in [-0.25, -0.2) is 8.78 Å². The predicted octanol–water partition coefficient (Wildman–Crippen LogP) is 1.92. The Hall–Kier alpha value is -2.31. The van der Waals surface area contributed by atoms with E-state index in [0.29, 0.717) is 6.07 Å². The van der Waals surface area contributed by atoms with E-state index in [4.69, 9.17) is 4.74 Å². The van der Waals surface area contributed by atoms with Gasteiger partial charge in [0.15, 0.2) is 0 Å². The fourth-order valence-electron chi connectivity index (χ4n) is 3.05. The summed E-state index contributed by atoms with van der Waals surface area (Å²) >= 11 is 0. The molecule has 0 bridgehead atoms. The highest BCUT2D eigenvalue weighted by Crippen LogP contribution is 2.43. The second-order valence-corrected chi connectivity index (χ2v) is 5.44. The Kier molecular flexibility index (Phi) is 4.77. The first-order valence-electron chi connectivity index (χ1n) is 7.00. The first kappa shape index (κ1) is 17.1. The molecular formula is C16H16F2O5. The van der Waals surface area contributed by atoms with Crippen molar-refractivity contribution in [1.29, 1.82) is 0 Å². The Balaban J connectivity index is 2.54. The zero-order valence-electron chi connectivity index (χ0n) is 12.7. The Morgan fingerprint density at radius 3 is 2.48 bits per heavy atom. The number of rotatable bonds is 3. The molecule has 7 heteroatoms. The van der Waals surface area contributed by atoms with Crippen LogP contribution in [0.4, 0.5) is 8.78 Å². The number of ketones is 1. The highest BCUT2D eigenvalue weighted by atomic mass is 19.1. The van der Waals surface area contributed by atoms with Crippen molar-refractivity contribution in [1.82, 2.24) is 0 Å². The van der Waals surface area contributed by atoms with Crippen molar-refractivity contribution in [3.05, 3.63) is 35.4 Å². The van der Waals surface area contributed by atoms with E-state index in [1.54, 1.807) is 0 Å². The van der Waals surface area contributed by atoms with Gasteiger partial charge >= 0.3 is 11.9 Å². The molecule has 1 aromatic rings. The lowest BCUT2D eigenvalue weighted by Gasteiger charge is -2.37. The second-order valence-electron chi connectivity index (χ2n) is 5.44. The molecule has 1 aromatic carbocycles. The van der Waals surface area contributed by atoms with Crippen molar-refractivity contribution in [2.45, 2.75) is 24.7 Å². The smallest absolute Gasteiger partial charge is 0.316 e. The number of carbonyl (C=O) groups excluding carboxylic acids is 3. The quantitative estimate of drug-likeness (QED) is 0.627. The molecule has 0 spiro atoms. The fourth-order valence-corrected chi connectivity index (χ4v) is 3.05. The standard InChI is InChI=1S/C16H16F2O5/c1-22-14(20)10-8-16(15(21)23-2,6-5-13(10)19)11-4-3-9(17)7-12(11)18/h3-4,7,10H,5-6,8H2,1-2H3. The molecule has 0 N–H and O–H groups in total. The van der Waals surface area contributed by atoms with Crippen LogP contribution in [0.2, 0.25) is 0 Å². The number of hydrogen-bond donors (Lipinski definition) is 0. The van der Waals surface area contributed by atoms with Gasteiger partial charge in [-0.05, 0) is 18.9 Å². The summed E-state index contributed by atoms with van der Waals surface area (Å²) < 4.78 is 36.7. The predicted molar refractivity (Wildman–Crippen MR) is 74.4 cm³/mol. The summed E-state index contributed by atoms with van der Waals surface area (Å²) in [6.45, 7) is 0. The summed E-state index contributed by atoms with van der Waals surface area (Å²) in [5.74, 6) is -4.83. The summed E-state index contributed by atoms with van der Waals surface area (Å²) in [7, 11) is 2.26. The number of methoxy groups -OCH3 is 2. The number of benzene rings is 1. The molecule has 1 fully saturated rings. The van der Waals surface area contributed by atoms with Gasteiger partial charge in [0.1, 0.15) is 23.3 Å². The monoisotopic (exact) mass is 326 g/mol. The van der Waals surface area contributed by atoms with Crippen LogP contribution in [-0.4, -0.2) is 31.9 Å². The van der Waals surface area contributed by atoms with Gasteiger partial charge in [-0.1, -0.05) is 6.07 Å². The number of ether oxygens (including phenoxy) is 2. The minimum atomic E-state index is -1.53. The largest absolute Gasteiger partial charge is 0.468 e. The third-order valence-electron chi connectivity index (χ3n) is 4.25. The number of esters is 2. The molecule has 1 aliphatic rings. The van der Waals surface area contributed by atoms with Gasteiger partial charge in [-0.15, -0.1) is 0 Å². The molecule has 1 aliphatic carbocycles. The normalized spacial score (nSPS) is 24.2. The van der Waals surface area contributed by atoms with E-state index in [1.165, 1.54) is 0 Å². The first-order valence-corrected chi connectivity index (χ1v) is 7.00. The molecule has 1 saturated carbocycles. The van der Waals surface area contributed by atoms with Crippen molar-refractivity contribution in [2.24, 2.45) is 5.92 Å². The van der Waals surface area contributed by atoms with Crippen LogP contribution in [0.1, 0.15) is 24.8 Å². The second kappa shape index (κ2) is 6.44. The van der Waals surface area contributed by atoms with E-state index >= 15 is 0 Å². The Labute approximate surface area is 131 Å². The van der Waals surface area contributed by atoms with Gasteiger partial charge in [-0.3, -0.25) is 14.4 Å². The molecule has 2 unspecified atom stereocenters. The summed E-state index contributed by atoms with van der Waals surface area (Å²) in [6, 6.07) is 2.82. The van der Waals surface area contributed by atoms with Gasteiger partial charge in [0.2, 0.25) is 0 Å². The van der Waals surface area contributed by atoms with Crippen LogP contribution in [0.5, 0.6) is 0 Å². The molecule has 0 radical (unpaired) electrons. The maximum absolute atomic E-state index is 14.2. The average molecular weight is 326 g/mol. The molecule has 0 aliphatic heterocycles. The van der Waals surface area contributed by atoms with E-state index in [2.05, 4.69) is 4.74 Å². The molecule has 0 amide bonds. The summed E-state index contributed by atoms with van der Waals surface area (Å²) in [6.07, 6.45) is -0.395. The van der Waals surface area contributed by atoms with Crippen LogP contribution >= 0.6 is 0 Å². The maximum atomic E-state index is 14.2. The molecule has 0 saturated heterocycles. The van der Waals surface area contributed by atoms with E-state index in [-0.39, 0.29) is 30.6 Å². The highest BCUT2D eigenvalue weighted by Gasteiger charge is 2.51. The Bertz CT molecular complexity index is 650. The topological polar surface area (TPSA) is 69.7 Å². The zero-order chi connectivity index (χ0) is 17.2. The Morgan fingerprint density at radius 2 is 1.91 bits per heavy atom. The van der Waals surface area contributed by atoms with Gasteiger partial charge in [0.25, 0.3) is 0 Å². The molecule has 23 heavy (non-hydrogen) atoms. The third kappa shape index (κ3) is 2.95. The minimum Gasteiger partial charge on any atom is -0.468 e. The SMILES string of the molecule is COC(=O)C1CC(C(=O)OC)(c2ccc(F)cc2F)CCC1=O. The van der Waals surface area contributed by atoms with Crippen LogP contribution in [0, 0.1) is 17.6 Å². The van der Waals surface area contributed by atoms with Gasteiger partial charge in [-0.2, -0.15) is 0 Å². The zero-order valence-corrected chi connectivity index (χ0v) is 12.7. The lowest BCUT2D eigenvalue weighted by molar-refractivity contribution is -0.157. The summed E-state index contributed by atoms with van der Waals surface area (Å²) in [4.78, 5) is 36.1. The number of Topliss-reactive ketones (excluding diaryl/α,β-unsaturated/α-hetero) is 1. The molecule has 0 aromatic heterocycles. The minimum absolute atomic E-state index is 0.0193. The number of hydrogen-bond acceptors (Lipinski definition) is 5. The first-order chi connectivity index (χ1) is 10.9. The number of carbonyl (C=O) groups is 3. The Morgan fingerprint density at radius 1 is 1.22 bits per heavy atom. The van der Waals surface area contributed by atoms with Crippen molar-refractivity contribution in [3.63, 3.8) is 0 Å². The van der Waals surface area contributed by atoms with Gasteiger partial charge in [0.05, 0.1) is 19.6 Å². The maximum Gasteiger partial charge on any atom is 0.316 e. The fraction of sp³-hybridized carbons (Fsp3) is 0.438. The van der Waals surface area contributed by atoms with Gasteiger partial charge in [0, 0.05) is 18.1 Å². The van der Waals surface area contributed by atoms with Crippen LogP contribution < -0.4 is 0 Å². The van der Waals surface area contributed by atoms with Crippen LogP contribution in [0.15, 0.2) is 18.2 Å². The lowest BCUT2D eigenvalue weighted by atomic mass is 9.65. The van der Waals surface area contributed by atoms with Crippen molar-refractivity contribution in [2.75, 3.05) is 14.2 Å². The highest BCUT2D eigenvalue weighted by molar-refractivity contribution is 6.01. The molecule has 0 heterocycles. The summed E-state index contributed by atoms with van der Waals surface area (Å²) in [5.41, 5.74) is -1.62. The van der Waals surface area contributed by atoms with E-state index in [0.717, 1.165) is 26.4 Å². The van der Waals surface area contributed by atoms with Crippen molar-refractivity contribution >= 4 is 17.7 Å². The van der Waals surface area contributed by atoms with Crippen LogP contribution in [-0.2, 0) is 29.3 Å². The number of halogens is 2. The average Bonchev–Trinajstić information content (AvgIpc) is 2.54. The van der Waals surface area contributed by atoms with Crippen LogP contribution in [0.25, 0.3) is 0 Å². The lowest BCUT2D eigenvalue weighted by Crippen LogP contribution is -2.47. The van der Waals surface area contributed by atoms with Crippen molar-refractivity contribution in [3.8, 4) is 0 Å². The molecular weight excluding hydrogens is 310 g/mol. The molecule has 2 rings (SSSR count). The van der Waals surface area contributed by atoms with Crippen LogP contribution in [0.3, 0.4) is 0 Å². The van der Waals surface area contributed by atoms with Gasteiger partial charge < -0.3 is 9.47 Å². The van der Waals surface area contributed by atoms with Crippen molar-refractivity contribution < 1.29 is 32.6 Å². The van der Waals surface area contributed by atoms with E-state index in [1.807, 2.05) is 0 Å². The van der Waals surface area contributed by atoms with E-state index < -0.39 is 34.9 Å². The van der Waals surface area contributed by atoms with E-state index in [9.17, 15) is 23.2 Å². The summed E-state index contributed by atoms with van der Waals surface area (Å²) in [5, 5.41) is 0. The third-order valence-corrected chi connectivity index (χ3v) is 4.25. The molecule has 124 valence electrons.